The molecule has 2 rings (SSSR count). The van der Waals surface area contributed by atoms with Gasteiger partial charge in [-0.15, -0.1) is 11.3 Å². The lowest BCUT2D eigenvalue weighted by Gasteiger charge is -1.87. The fraction of sp³-hybridized carbons (Fsp3) is 0. The Hall–Kier alpha value is -1.36. The first kappa shape index (κ1) is 6.36. The van der Waals surface area contributed by atoms with Crippen molar-refractivity contribution in [1.29, 1.82) is 0 Å². The van der Waals surface area contributed by atoms with E-state index in [0.29, 0.717) is 0 Å². The molecule has 2 amide bonds. The van der Waals surface area contributed by atoms with E-state index >= 15 is 0 Å². The van der Waals surface area contributed by atoms with Crippen molar-refractivity contribution in [2.45, 2.75) is 0 Å². The summed E-state index contributed by atoms with van der Waals surface area (Å²) in [6, 6.07) is 0. The van der Waals surface area contributed by atoms with E-state index in [4.69, 9.17) is 5.11 Å². The molecule has 1 aliphatic rings. The molecule has 0 unspecified atom stereocenters. The molecule has 0 saturated carbocycles. The summed E-state index contributed by atoms with van der Waals surface area (Å²) in [6.07, 6.45) is 0. The van der Waals surface area contributed by atoms with Gasteiger partial charge in [-0.25, -0.2) is 0 Å². The zero-order valence-corrected chi connectivity index (χ0v) is 6.07. The number of carbonyl (C=O) groups excluding carboxylic acids is 2. The van der Waals surface area contributed by atoms with Crippen LogP contribution in [0.25, 0.3) is 0 Å². The van der Waals surface area contributed by atoms with Crippen molar-refractivity contribution >= 4 is 23.2 Å². The zero-order chi connectivity index (χ0) is 8.01. The van der Waals surface area contributed by atoms with Crippen LogP contribution in [0, 0.1) is 0 Å². The highest BCUT2D eigenvalue weighted by Crippen LogP contribution is 2.31. The third-order valence-electron chi connectivity index (χ3n) is 1.47. The van der Waals surface area contributed by atoms with E-state index in [2.05, 4.69) is 5.32 Å². The molecule has 1 aromatic heterocycles. The van der Waals surface area contributed by atoms with Gasteiger partial charge in [-0.3, -0.25) is 14.9 Å². The summed E-state index contributed by atoms with van der Waals surface area (Å²) in [5, 5.41) is 12.5. The third kappa shape index (κ3) is 0.682. The number of aromatic hydroxyl groups is 1. The molecule has 0 aliphatic carbocycles. The minimum absolute atomic E-state index is 0.0941. The monoisotopic (exact) mass is 169 g/mol. The first-order valence-corrected chi connectivity index (χ1v) is 3.74. The molecule has 0 aromatic carbocycles. The lowest BCUT2D eigenvalue weighted by atomic mass is 10.2. The van der Waals surface area contributed by atoms with Crippen molar-refractivity contribution in [3.63, 3.8) is 0 Å². The molecule has 2 heterocycles. The van der Waals surface area contributed by atoms with Crippen LogP contribution in [-0.2, 0) is 0 Å². The van der Waals surface area contributed by atoms with E-state index < -0.39 is 11.8 Å². The maximum Gasteiger partial charge on any atom is 0.263 e. The van der Waals surface area contributed by atoms with E-state index in [1.165, 1.54) is 5.38 Å². The van der Waals surface area contributed by atoms with Crippen LogP contribution in [0.3, 0.4) is 0 Å². The molecule has 1 aromatic rings. The number of imide groups is 1. The van der Waals surface area contributed by atoms with E-state index in [0.717, 1.165) is 11.3 Å². The van der Waals surface area contributed by atoms with Crippen molar-refractivity contribution in [3.8, 4) is 5.06 Å². The second-order valence-electron chi connectivity index (χ2n) is 2.11. The van der Waals surface area contributed by atoms with Crippen LogP contribution < -0.4 is 5.32 Å². The predicted molar refractivity (Wildman–Crippen MR) is 37.8 cm³/mol. The number of rotatable bonds is 0. The Morgan fingerprint density at radius 2 is 2.09 bits per heavy atom. The summed E-state index contributed by atoms with van der Waals surface area (Å²) >= 11 is 0.988. The van der Waals surface area contributed by atoms with E-state index in [9.17, 15) is 9.59 Å². The van der Waals surface area contributed by atoms with Crippen molar-refractivity contribution in [2.75, 3.05) is 0 Å². The first-order chi connectivity index (χ1) is 5.20. The van der Waals surface area contributed by atoms with Gasteiger partial charge in [0.15, 0.2) is 5.06 Å². The second kappa shape index (κ2) is 1.82. The largest absolute Gasteiger partial charge is 0.499 e. The summed E-state index contributed by atoms with van der Waals surface area (Å²) in [6.45, 7) is 0. The lowest BCUT2D eigenvalue weighted by Crippen LogP contribution is -2.20. The van der Waals surface area contributed by atoms with Gasteiger partial charge in [0.2, 0.25) is 0 Å². The molecule has 2 N–H and O–H groups in total. The van der Waals surface area contributed by atoms with Gasteiger partial charge >= 0.3 is 0 Å². The second-order valence-corrected chi connectivity index (χ2v) is 2.97. The van der Waals surface area contributed by atoms with Gasteiger partial charge in [0, 0.05) is 5.38 Å². The zero-order valence-electron chi connectivity index (χ0n) is 5.25. The number of hydrogen-bond donors (Lipinski definition) is 2. The molecule has 4 nitrogen and oxygen atoms in total. The Kier molecular flexibility index (Phi) is 1.05. The minimum Gasteiger partial charge on any atom is -0.499 e. The Balaban J connectivity index is 2.72. The summed E-state index contributed by atoms with van der Waals surface area (Å²) in [7, 11) is 0. The average molecular weight is 169 g/mol. The Morgan fingerprint density at radius 1 is 1.36 bits per heavy atom. The van der Waals surface area contributed by atoms with Gasteiger partial charge in [-0.1, -0.05) is 0 Å². The first-order valence-electron chi connectivity index (χ1n) is 2.86. The van der Waals surface area contributed by atoms with Crippen molar-refractivity contribution in [3.05, 3.63) is 16.5 Å². The van der Waals surface area contributed by atoms with Crippen LogP contribution in [0.1, 0.15) is 20.7 Å². The Labute approximate surface area is 65.5 Å². The molecule has 56 valence electrons. The summed E-state index contributed by atoms with van der Waals surface area (Å²) in [5.41, 5.74) is 0.387. The van der Waals surface area contributed by atoms with Gasteiger partial charge < -0.3 is 5.11 Å². The van der Waals surface area contributed by atoms with Gasteiger partial charge in [0.25, 0.3) is 11.8 Å². The number of hydrogen-bond acceptors (Lipinski definition) is 4. The topological polar surface area (TPSA) is 66.4 Å². The quantitative estimate of drug-likeness (QED) is 0.550. The molecular formula is C6H3NO3S. The normalized spacial score (nSPS) is 14.9. The molecule has 5 heteroatoms. The fourth-order valence-electron chi connectivity index (χ4n) is 0.967. The Bertz CT molecular complexity index is 355. The molecule has 0 radical (unpaired) electrons. The molecule has 0 atom stereocenters. The van der Waals surface area contributed by atoms with Crippen molar-refractivity contribution in [1.82, 2.24) is 5.32 Å². The number of amides is 2. The molecule has 11 heavy (non-hydrogen) atoms. The molecule has 0 fully saturated rings. The average Bonchev–Trinajstić information content (AvgIpc) is 2.41. The predicted octanol–water partition coefficient (Wildman–Crippen LogP) is 0.337. The van der Waals surface area contributed by atoms with Gasteiger partial charge in [-0.05, 0) is 0 Å². The molecule has 0 saturated heterocycles. The van der Waals surface area contributed by atoms with Gasteiger partial charge in [-0.2, -0.15) is 0 Å². The fourth-order valence-corrected chi connectivity index (χ4v) is 1.74. The minimum atomic E-state index is -0.510. The molecule has 1 aliphatic heterocycles. The summed E-state index contributed by atoms with van der Waals surface area (Å²) in [4.78, 5) is 21.7. The number of carbonyl (C=O) groups is 2. The third-order valence-corrected chi connectivity index (χ3v) is 2.25. The SMILES string of the molecule is O=C1NC(=O)c2c1csc2O. The summed E-state index contributed by atoms with van der Waals surface area (Å²) in [5.74, 6) is -0.940. The van der Waals surface area contributed by atoms with Crippen LogP contribution in [0.4, 0.5) is 0 Å². The standard InChI is InChI=1S/C6H3NO3S/c8-4-2-1-11-6(10)3(2)5(9)7-4/h1,10H,(H,7,8,9). The highest BCUT2D eigenvalue weighted by atomic mass is 32.1. The molecular weight excluding hydrogens is 166 g/mol. The highest BCUT2D eigenvalue weighted by molar-refractivity contribution is 7.12. The van der Waals surface area contributed by atoms with Crippen molar-refractivity contribution in [2.24, 2.45) is 0 Å². The van der Waals surface area contributed by atoms with Gasteiger partial charge in [0.1, 0.15) is 5.56 Å². The number of thiophene rings is 1. The maximum absolute atomic E-state index is 10.9. The maximum atomic E-state index is 10.9. The number of nitrogens with one attached hydrogen (secondary N) is 1. The van der Waals surface area contributed by atoms with Crippen LogP contribution in [0.2, 0.25) is 0 Å². The smallest absolute Gasteiger partial charge is 0.263 e. The van der Waals surface area contributed by atoms with E-state index in [-0.39, 0.29) is 16.2 Å². The number of fused-ring (bicyclic) bond motifs is 1. The van der Waals surface area contributed by atoms with Crippen LogP contribution in [0.15, 0.2) is 5.38 Å². The van der Waals surface area contributed by atoms with Gasteiger partial charge in [0.05, 0.1) is 5.56 Å². The van der Waals surface area contributed by atoms with Crippen molar-refractivity contribution < 1.29 is 14.7 Å². The Morgan fingerprint density at radius 3 is 2.73 bits per heavy atom. The van der Waals surface area contributed by atoms with E-state index in [1.54, 1.807) is 0 Å². The highest BCUT2D eigenvalue weighted by Gasteiger charge is 2.31. The molecule has 0 spiro atoms. The van der Waals surface area contributed by atoms with Crippen LogP contribution in [0.5, 0.6) is 5.06 Å². The van der Waals surface area contributed by atoms with Crippen LogP contribution in [-0.4, -0.2) is 16.9 Å². The van der Waals surface area contributed by atoms with Crippen LogP contribution >= 0.6 is 11.3 Å². The summed E-state index contributed by atoms with van der Waals surface area (Å²) < 4.78 is 0. The lowest BCUT2D eigenvalue weighted by molar-refractivity contribution is 0.0879. The van der Waals surface area contributed by atoms with E-state index in [1.807, 2.05) is 0 Å². The molecule has 0 bridgehead atoms.